The molecule has 4 heteroatoms. The first kappa shape index (κ1) is 13.7. The number of carbonyl (C=O) groups is 2. The normalized spacial score (nSPS) is 10.5. The second-order valence-corrected chi connectivity index (χ2v) is 3.27. The minimum absolute atomic E-state index is 0.0124. The van der Waals surface area contributed by atoms with Crippen molar-refractivity contribution in [3.8, 4) is 0 Å². The van der Waals surface area contributed by atoms with Gasteiger partial charge in [-0.05, 0) is 19.3 Å². The van der Waals surface area contributed by atoms with E-state index in [4.69, 9.17) is 5.11 Å². The summed E-state index contributed by atoms with van der Waals surface area (Å²) in [5.74, 6) is -0.956. The number of carboxylic acid groups (broad SMARTS) is 1. The predicted molar refractivity (Wildman–Crippen MR) is 58.5 cm³/mol. The maximum atomic E-state index is 11.1. The van der Waals surface area contributed by atoms with Gasteiger partial charge in [-0.25, -0.2) is 0 Å². The highest BCUT2D eigenvalue weighted by molar-refractivity contribution is 5.76. The van der Waals surface area contributed by atoms with E-state index in [1.165, 1.54) is 0 Å². The third-order valence-corrected chi connectivity index (χ3v) is 1.84. The zero-order valence-electron chi connectivity index (χ0n) is 9.16. The maximum Gasteiger partial charge on any atom is 0.305 e. The Bertz CT molecular complexity index is 224. The van der Waals surface area contributed by atoms with Gasteiger partial charge in [0.2, 0.25) is 5.91 Å². The Hall–Kier alpha value is -1.32. The number of nitrogens with one attached hydrogen (secondary N) is 1. The van der Waals surface area contributed by atoms with Crippen LogP contribution in [0.1, 0.15) is 39.0 Å². The van der Waals surface area contributed by atoms with E-state index in [2.05, 4.69) is 24.4 Å². The molecule has 0 aromatic heterocycles. The van der Waals surface area contributed by atoms with Gasteiger partial charge in [0.25, 0.3) is 0 Å². The lowest BCUT2D eigenvalue weighted by atomic mass is 10.2. The number of unbranched alkanes of at least 4 members (excludes halogenated alkanes) is 1. The van der Waals surface area contributed by atoms with Crippen LogP contribution in [0.2, 0.25) is 0 Å². The zero-order chi connectivity index (χ0) is 11.5. The Labute approximate surface area is 90.4 Å². The standard InChI is InChI=1S/C11H19NO3/c1-2-3-4-5-6-7-10(13)12-9-8-11(14)15/h3-4H,2,5-9H2,1H3,(H,12,13)(H,14,15)/b4-3+. The number of rotatable bonds is 8. The minimum atomic E-state index is -0.888. The van der Waals surface area contributed by atoms with E-state index in [9.17, 15) is 9.59 Å². The summed E-state index contributed by atoms with van der Waals surface area (Å²) < 4.78 is 0. The SMILES string of the molecule is CC/C=C/CCCC(=O)NCCC(=O)O. The number of allylic oxidation sites excluding steroid dienone is 2. The summed E-state index contributed by atoms with van der Waals surface area (Å²) in [4.78, 5) is 21.3. The van der Waals surface area contributed by atoms with Gasteiger partial charge < -0.3 is 10.4 Å². The average molecular weight is 213 g/mol. The van der Waals surface area contributed by atoms with Gasteiger partial charge in [-0.3, -0.25) is 9.59 Å². The van der Waals surface area contributed by atoms with Gasteiger partial charge in [0, 0.05) is 13.0 Å². The molecule has 15 heavy (non-hydrogen) atoms. The Kier molecular flexibility index (Phi) is 8.43. The minimum Gasteiger partial charge on any atom is -0.481 e. The second-order valence-electron chi connectivity index (χ2n) is 3.27. The van der Waals surface area contributed by atoms with Crippen molar-refractivity contribution in [2.24, 2.45) is 0 Å². The Morgan fingerprint density at radius 2 is 2.00 bits per heavy atom. The summed E-state index contributed by atoms with van der Waals surface area (Å²) in [6.45, 7) is 2.29. The number of carboxylic acids is 1. The molecule has 0 aliphatic heterocycles. The average Bonchev–Trinajstić information content (AvgIpc) is 2.17. The quantitative estimate of drug-likeness (QED) is 0.476. The Morgan fingerprint density at radius 1 is 1.27 bits per heavy atom. The highest BCUT2D eigenvalue weighted by Gasteiger charge is 2.01. The van der Waals surface area contributed by atoms with Crippen LogP contribution in [-0.4, -0.2) is 23.5 Å². The maximum absolute atomic E-state index is 11.1. The molecule has 0 unspecified atom stereocenters. The van der Waals surface area contributed by atoms with Crippen LogP contribution in [-0.2, 0) is 9.59 Å². The summed E-state index contributed by atoms with van der Waals surface area (Å²) in [6.07, 6.45) is 7.32. The molecule has 0 aromatic rings. The van der Waals surface area contributed by atoms with Crippen LogP contribution >= 0.6 is 0 Å². The van der Waals surface area contributed by atoms with Crippen LogP contribution in [0.3, 0.4) is 0 Å². The summed E-state index contributed by atoms with van der Waals surface area (Å²) in [5.41, 5.74) is 0. The monoisotopic (exact) mass is 213 g/mol. The van der Waals surface area contributed by atoms with Gasteiger partial charge in [-0.15, -0.1) is 0 Å². The fourth-order valence-electron chi connectivity index (χ4n) is 1.06. The predicted octanol–water partition coefficient (Wildman–Crippen LogP) is 1.71. The van der Waals surface area contributed by atoms with E-state index < -0.39 is 5.97 Å². The molecule has 2 N–H and O–H groups in total. The van der Waals surface area contributed by atoms with Crippen molar-refractivity contribution in [2.75, 3.05) is 6.54 Å². The summed E-state index contributed by atoms with van der Waals surface area (Å²) in [5, 5.41) is 10.9. The molecule has 0 saturated carbocycles. The van der Waals surface area contributed by atoms with Crippen molar-refractivity contribution in [3.05, 3.63) is 12.2 Å². The van der Waals surface area contributed by atoms with Gasteiger partial charge in [0.05, 0.1) is 6.42 Å². The highest BCUT2D eigenvalue weighted by atomic mass is 16.4. The van der Waals surface area contributed by atoms with E-state index in [1.807, 2.05) is 0 Å². The second kappa shape index (κ2) is 9.24. The third kappa shape index (κ3) is 10.6. The zero-order valence-corrected chi connectivity index (χ0v) is 9.16. The molecular weight excluding hydrogens is 194 g/mol. The molecule has 0 atom stereocenters. The Balaban J connectivity index is 3.33. The summed E-state index contributed by atoms with van der Waals surface area (Å²) >= 11 is 0. The van der Waals surface area contributed by atoms with Crippen molar-refractivity contribution >= 4 is 11.9 Å². The van der Waals surface area contributed by atoms with E-state index in [-0.39, 0.29) is 18.9 Å². The molecule has 4 nitrogen and oxygen atoms in total. The number of hydrogen-bond donors (Lipinski definition) is 2. The van der Waals surface area contributed by atoms with Crippen LogP contribution in [0.15, 0.2) is 12.2 Å². The van der Waals surface area contributed by atoms with Gasteiger partial charge in [0.15, 0.2) is 0 Å². The first-order valence-electron chi connectivity index (χ1n) is 5.30. The van der Waals surface area contributed by atoms with Crippen molar-refractivity contribution in [1.82, 2.24) is 5.32 Å². The summed E-state index contributed by atoms with van der Waals surface area (Å²) in [6, 6.07) is 0. The topological polar surface area (TPSA) is 66.4 Å². The van der Waals surface area contributed by atoms with E-state index in [0.717, 1.165) is 19.3 Å². The van der Waals surface area contributed by atoms with Gasteiger partial charge in [0.1, 0.15) is 0 Å². The first-order valence-corrected chi connectivity index (χ1v) is 5.30. The molecule has 0 radical (unpaired) electrons. The van der Waals surface area contributed by atoms with E-state index in [1.54, 1.807) is 0 Å². The first-order chi connectivity index (χ1) is 7.16. The molecule has 0 aliphatic carbocycles. The van der Waals surface area contributed by atoms with E-state index in [0.29, 0.717) is 6.42 Å². The summed E-state index contributed by atoms with van der Waals surface area (Å²) in [7, 11) is 0. The van der Waals surface area contributed by atoms with Crippen LogP contribution in [0.25, 0.3) is 0 Å². The lowest BCUT2D eigenvalue weighted by Crippen LogP contribution is -2.25. The molecule has 0 heterocycles. The van der Waals surface area contributed by atoms with Gasteiger partial charge in [-0.2, -0.15) is 0 Å². The highest BCUT2D eigenvalue weighted by Crippen LogP contribution is 1.97. The van der Waals surface area contributed by atoms with Crippen LogP contribution < -0.4 is 5.32 Å². The van der Waals surface area contributed by atoms with Crippen molar-refractivity contribution in [3.63, 3.8) is 0 Å². The molecule has 0 aliphatic rings. The molecule has 0 fully saturated rings. The van der Waals surface area contributed by atoms with Gasteiger partial charge in [-0.1, -0.05) is 19.1 Å². The molecule has 0 aromatic carbocycles. The largest absolute Gasteiger partial charge is 0.481 e. The molecule has 0 bridgehead atoms. The number of hydrogen-bond acceptors (Lipinski definition) is 2. The van der Waals surface area contributed by atoms with Crippen molar-refractivity contribution in [2.45, 2.75) is 39.0 Å². The number of carbonyl (C=O) groups excluding carboxylic acids is 1. The fraction of sp³-hybridized carbons (Fsp3) is 0.636. The third-order valence-electron chi connectivity index (χ3n) is 1.84. The molecule has 0 spiro atoms. The number of aliphatic carboxylic acids is 1. The van der Waals surface area contributed by atoms with Crippen LogP contribution in [0.4, 0.5) is 0 Å². The lowest BCUT2D eigenvalue weighted by molar-refractivity contribution is -0.136. The van der Waals surface area contributed by atoms with Crippen molar-refractivity contribution < 1.29 is 14.7 Å². The van der Waals surface area contributed by atoms with E-state index >= 15 is 0 Å². The van der Waals surface area contributed by atoms with Crippen LogP contribution in [0.5, 0.6) is 0 Å². The molecule has 1 amide bonds. The molecule has 0 saturated heterocycles. The molecule has 86 valence electrons. The van der Waals surface area contributed by atoms with Gasteiger partial charge >= 0.3 is 5.97 Å². The lowest BCUT2D eigenvalue weighted by Gasteiger charge is -2.01. The van der Waals surface area contributed by atoms with Crippen molar-refractivity contribution in [1.29, 1.82) is 0 Å². The number of amides is 1. The fourth-order valence-corrected chi connectivity index (χ4v) is 1.06. The molecular formula is C11H19NO3. The molecule has 0 rings (SSSR count). The Morgan fingerprint density at radius 3 is 2.60 bits per heavy atom. The van der Waals surface area contributed by atoms with Crippen LogP contribution in [0, 0.1) is 0 Å². The smallest absolute Gasteiger partial charge is 0.305 e.